The Bertz CT molecular complexity index is 787. The molecule has 0 fully saturated rings. The lowest BCUT2D eigenvalue weighted by Gasteiger charge is -2.38. The van der Waals surface area contributed by atoms with Gasteiger partial charge in [-0.25, -0.2) is 0 Å². The van der Waals surface area contributed by atoms with E-state index in [2.05, 4.69) is 29.6 Å². The van der Waals surface area contributed by atoms with Crippen molar-refractivity contribution in [1.82, 2.24) is 0 Å². The summed E-state index contributed by atoms with van der Waals surface area (Å²) < 4.78 is 5.38. The van der Waals surface area contributed by atoms with E-state index in [-0.39, 0.29) is 6.04 Å². The molecule has 0 saturated heterocycles. The topological polar surface area (TPSA) is 21.3 Å². The fourth-order valence-corrected chi connectivity index (χ4v) is 4.29. The Morgan fingerprint density at radius 2 is 1.96 bits per heavy atom. The maximum atomic E-state index is 6.46. The molecule has 0 spiro atoms. The lowest BCUT2D eigenvalue weighted by molar-refractivity contribution is 0.405. The van der Waals surface area contributed by atoms with Crippen LogP contribution in [-0.4, -0.2) is 7.11 Å². The van der Waals surface area contributed by atoms with Gasteiger partial charge in [0.15, 0.2) is 0 Å². The van der Waals surface area contributed by atoms with Crippen LogP contribution in [0.25, 0.3) is 0 Å². The molecule has 1 N–H and O–H groups in total. The number of hydrogen-bond acceptors (Lipinski definition) is 2. The maximum absolute atomic E-state index is 6.46. The van der Waals surface area contributed by atoms with E-state index in [0.717, 1.165) is 28.4 Å². The maximum Gasteiger partial charge on any atom is 0.119 e. The molecule has 2 aromatic carbocycles. The Kier molecular flexibility index (Phi) is 3.74. The Morgan fingerprint density at radius 3 is 2.74 bits per heavy atom. The number of anilines is 1. The summed E-state index contributed by atoms with van der Waals surface area (Å²) >= 11 is 12.5. The Hall–Kier alpha value is -1.64. The molecule has 0 unspecified atom stereocenters. The second-order valence-electron chi connectivity index (χ2n) is 6.09. The fourth-order valence-electron chi connectivity index (χ4n) is 3.76. The largest absolute Gasteiger partial charge is 0.497 e. The predicted octanol–water partition coefficient (Wildman–Crippen LogP) is 5.83. The van der Waals surface area contributed by atoms with Gasteiger partial charge in [0.05, 0.1) is 13.2 Å². The van der Waals surface area contributed by atoms with Crippen molar-refractivity contribution >= 4 is 28.9 Å². The predicted molar refractivity (Wildman–Crippen MR) is 95.8 cm³/mol. The molecular formula is C19H17Cl2NO. The number of nitrogens with one attached hydrogen (secondary N) is 1. The number of halogens is 2. The van der Waals surface area contributed by atoms with Gasteiger partial charge < -0.3 is 10.1 Å². The highest BCUT2D eigenvalue weighted by atomic mass is 35.5. The molecule has 2 nitrogen and oxygen atoms in total. The van der Waals surface area contributed by atoms with E-state index in [1.54, 1.807) is 7.11 Å². The van der Waals surface area contributed by atoms with E-state index in [1.807, 2.05) is 24.3 Å². The SMILES string of the molecule is COc1ccc2c(c1)[C@H]1C=CC[C@H]1[C@@H](c1ccc(Cl)cc1Cl)N2. The van der Waals surface area contributed by atoms with Crippen LogP contribution >= 0.6 is 23.2 Å². The van der Waals surface area contributed by atoms with Crippen LogP contribution in [0.5, 0.6) is 5.75 Å². The number of hydrogen-bond donors (Lipinski definition) is 1. The first-order chi connectivity index (χ1) is 11.2. The summed E-state index contributed by atoms with van der Waals surface area (Å²) in [4.78, 5) is 0. The number of ether oxygens (including phenoxy) is 1. The highest BCUT2D eigenvalue weighted by Gasteiger charge is 2.38. The molecule has 1 aliphatic carbocycles. The second kappa shape index (κ2) is 5.77. The first-order valence-electron chi connectivity index (χ1n) is 7.73. The molecule has 4 heteroatoms. The molecule has 1 aliphatic heterocycles. The van der Waals surface area contributed by atoms with Crippen LogP contribution in [0.2, 0.25) is 10.0 Å². The summed E-state index contributed by atoms with van der Waals surface area (Å²) in [5.74, 6) is 1.74. The Morgan fingerprint density at radius 1 is 1.09 bits per heavy atom. The minimum atomic E-state index is 0.181. The van der Waals surface area contributed by atoms with Crippen LogP contribution in [0.1, 0.15) is 29.5 Å². The minimum Gasteiger partial charge on any atom is -0.497 e. The average Bonchev–Trinajstić information content (AvgIpc) is 3.04. The first kappa shape index (κ1) is 14.9. The number of benzene rings is 2. The molecule has 2 aliphatic rings. The zero-order chi connectivity index (χ0) is 16.0. The van der Waals surface area contributed by atoms with Crippen LogP contribution < -0.4 is 10.1 Å². The van der Waals surface area contributed by atoms with Crippen LogP contribution in [0.3, 0.4) is 0 Å². The molecule has 0 saturated carbocycles. The van der Waals surface area contributed by atoms with Crippen molar-refractivity contribution < 1.29 is 4.74 Å². The van der Waals surface area contributed by atoms with Gasteiger partial charge in [0.1, 0.15) is 5.75 Å². The summed E-state index contributed by atoms with van der Waals surface area (Å²) in [5.41, 5.74) is 3.55. The summed E-state index contributed by atoms with van der Waals surface area (Å²) in [6.45, 7) is 0. The molecular weight excluding hydrogens is 329 g/mol. The third kappa shape index (κ3) is 2.50. The van der Waals surface area contributed by atoms with Gasteiger partial charge in [-0.1, -0.05) is 41.4 Å². The smallest absolute Gasteiger partial charge is 0.119 e. The van der Waals surface area contributed by atoms with Gasteiger partial charge in [0, 0.05) is 21.7 Å². The van der Waals surface area contributed by atoms with Gasteiger partial charge in [-0.05, 0) is 53.8 Å². The standard InChI is InChI=1S/C19H17Cl2NO/c1-23-12-6-8-18-16(10-12)13-3-2-4-14(13)19(22-18)15-7-5-11(20)9-17(15)21/h2-3,5-10,13-14,19,22H,4H2,1H3/t13-,14+,19-/m0/s1. The second-order valence-corrected chi connectivity index (χ2v) is 6.94. The normalized spacial score (nSPS) is 24.7. The molecule has 4 rings (SSSR count). The summed E-state index contributed by atoms with van der Waals surface area (Å²) in [6, 6.07) is 12.2. The van der Waals surface area contributed by atoms with Gasteiger partial charge in [-0.3, -0.25) is 0 Å². The van der Waals surface area contributed by atoms with Crippen LogP contribution in [0, 0.1) is 5.92 Å². The number of fused-ring (bicyclic) bond motifs is 3. The van der Waals surface area contributed by atoms with Gasteiger partial charge in [-0.15, -0.1) is 0 Å². The molecule has 0 aromatic heterocycles. The zero-order valence-corrected chi connectivity index (χ0v) is 14.2. The van der Waals surface area contributed by atoms with E-state index in [0.29, 0.717) is 16.9 Å². The van der Waals surface area contributed by atoms with E-state index >= 15 is 0 Å². The Balaban J connectivity index is 1.79. The van der Waals surface area contributed by atoms with Crippen LogP contribution in [0.15, 0.2) is 48.6 Å². The highest BCUT2D eigenvalue weighted by molar-refractivity contribution is 6.35. The van der Waals surface area contributed by atoms with Gasteiger partial charge in [0.2, 0.25) is 0 Å². The quantitative estimate of drug-likeness (QED) is 0.691. The molecule has 1 heterocycles. The summed E-state index contributed by atoms with van der Waals surface area (Å²) in [6.07, 6.45) is 5.61. The third-order valence-corrected chi connectivity index (χ3v) is 5.43. The number of allylic oxidation sites excluding steroid dienone is 2. The molecule has 118 valence electrons. The fraction of sp³-hybridized carbons (Fsp3) is 0.263. The van der Waals surface area contributed by atoms with Gasteiger partial charge in [0.25, 0.3) is 0 Å². The van der Waals surface area contributed by atoms with Crippen molar-refractivity contribution in [3.8, 4) is 5.75 Å². The lowest BCUT2D eigenvalue weighted by atomic mass is 9.77. The molecule has 2 aromatic rings. The van der Waals surface area contributed by atoms with E-state index < -0.39 is 0 Å². The average molecular weight is 346 g/mol. The van der Waals surface area contributed by atoms with Crippen molar-refractivity contribution in [3.05, 3.63) is 69.7 Å². The summed E-state index contributed by atoms with van der Waals surface area (Å²) in [7, 11) is 1.70. The minimum absolute atomic E-state index is 0.181. The lowest BCUT2D eigenvalue weighted by Crippen LogP contribution is -2.29. The number of rotatable bonds is 2. The molecule has 0 radical (unpaired) electrons. The van der Waals surface area contributed by atoms with Crippen LogP contribution in [-0.2, 0) is 0 Å². The Labute approximate surface area is 146 Å². The highest BCUT2D eigenvalue weighted by Crippen LogP contribution is 2.51. The molecule has 0 amide bonds. The van der Waals surface area contributed by atoms with Crippen LogP contribution in [0.4, 0.5) is 5.69 Å². The monoisotopic (exact) mass is 345 g/mol. The van der Waals surface area contributed by atoms with Crippen molar-refractivity contribution in [2.24, 2.45) is 5.92 Å². The van der Waals surface area contributed by atoms with Gasteiger partial charge >= 0.3 is 0 Å². The molecule has 3 atom stereocenters. The van der Waals surface area contributed by atoms with E-state index in [1.165, 1.54) is 5.56 Å². The van der Waals surface area contributed by atoms with E-state index in [9.17, 15) is 0 Å². The van der Waals surface area contributed by atoms with Gasteiger partial charge in [-0.2, -0.15) is 0 Å². The third-order valence-electron chi connectivity index (χ3n) is 4.87. The first-order valence-corrected chi connectivity index (χ1v) is 8.49. The van der Waals surface area contributed by atoms with Crippen molar-refractivity contribution in [3.63, 3.8) is 0 Å². The number of methoxy groups -OCH3 is 1. The molecule has 0 bridgehead atoms. The molecule has 23 heavy (non-hydrogen) atoms. The van der Waals surface area contributed by atoms with Crippen molar-refractivity contribution in [1.29, 1.82) is 0 Å². The van der Waals surface area contributed by atoms with E-state index in [4.69, 9.17) is 27.9 Å². The zero-order valence-electron chi connectivity index (χ0n) is 12.7. The van der Waals surface area contributed by atoms with Crippen molar-refractivity contribution in [2.75, 3.05) is 12.4 Å². The summed E-state index contributed by atoms with van der Waals surface area (Å²) in [5, 5.41) is 5.06. The van der Waals surface area contributed by atoms with Crippen molar-refractivity contribution in [2.45, 2.75) is 18.4 Å².